The van der Waals surface area contributed by atoms with Gasteiger partial charge < -0.3 is 14.4 Å². The van der Waals surface area contributed by atoms with Crippen molar-refractivity contribution < 1.29 is 22.7 Å². The second-order valence-corrected chi connectivity index (χ2v) is 7.72. The summed E-state index contributed by atoms with van der Waals surface area (Å²) in [6, 6.07) is -0.207. The number of nitrogens with one attached hydrogen (secondary N) is 1. The number of carbonyl (C=O) groups excluding carboxylic acids is 1. The minimum Gasteiger partial charge on any atom is -0.380 e. The van der Waals surface area contributed by atoms with Gasteiger partial charge in [-0.1, -0.05) is 0 Å². The molecule has 0 aliphatic carbocycles. The molecule has 0 aromatic carbocycles. The molecule has 1 spiro atoms. The molecule has 2 aliphatic rings. The van der Waals surface area contributed by atoms with Crippen molar-refractivity contribution in [1.29, 1.82) is 0 Å². The van der Waals surface area contributed by atoms with Gasteiger partial charge in [0.1, 0.15) is 6.61 Å². The number of sulfonamides is 1. The average molecular weight is 320 g/mol. The molecule has 0 aromatic heterocycles. The fourth-order valence-corrected chi connectivity index (χ4v) is 4.09. The Labute approximate surface area is 126 Å². The van der Waals surface area contributed by atoms with E-state index in [0.29, 0.717) is 26.3 Å². The molecule has 1 atom stereocenters. The lowest BCUT2D eigenvalue weighted by Gasteiger charge is -2.48. The molecule has 0 saturated carbocycles. The zero-order chi connectivity index (χ0) is 15.5. The number of carbonyl (C=O) groups is 1. The van der Waals surface area contributed by atoms with E-state index in [-0.39, 0.29) is 24.0 Å². The number of likely N-dealkylation sites (tertiary alicyclic amines) is 1. The second-order valence-electron chi connectivity index (χ2n) is 5.94. The van der Waals surface area contributed by atoms with Crippen LogP contribution in [-0.4, -0.2) is 71.5 Å². The summed E-state index contributed by atoms with van der Waals surface area (Å²) in [5.41, 5.74) is -0.106. The van der Waals surface area contributed by atoms with Crippen LogP contribution in [0.3, 0.4) is 0 Å². The lowest BCUT2D eigenvalue weighted by atomic mass is 9.69. The first-order valence-corrected chi connectivity index (χ1v) is 9.07. The number of nitrogens with zero attached hydrogens (tertiary/aromatic N) is 1. The van der Waals surface area contributed by atoms with Gasteiger partial charge in [0.2, 0.25) is 15.9 Å². The van der Waals surface area contributed by atoms with E-state index < -0.39 is 10.0 Å². The molecule has 21 heavy (non-hydrogen) atoms. The van der Waals surface area contributed by atoms with E-state index in [9.17, 15) is 13.2 Å². The van der Waals surface area contributed by atoms with Crippen LogP contribution in [0.2, 0.25) is 0 Å². The van der Waals surface area contributed by atoms with Crippen LogP contribution in [0.15, 0.2) is 0 Å². The number of rotatable bonds is 4. The summed E-state index contributed by atoms with van der Waals surface area (Å²) >= 11 is 0. The number of ether oxygens (including phenoxy) is 2. The van der Waals surface area contributed by atoms with E-state index in [0.717, 1.165) is 19.3 Å². The SMILES string of the molecule is COCC(=O)N1CCC2(CCOC[C@@H]2NS(C)(=O)=O)CC1. The molecule has 0 unspecified atom stereocenters. The van der Waals surface area contributed by atoms with Gasteiger partial charge in [0.15, 0.2) is 0 Å². The maximum atomic E-state index is 11.8. The van der Waals surface area contributed by atoms with Crippen molar-refractivity contribution >= 4 is 15.9 Å². The van der Waals surface area contributed by atoms with Gasteiger partial charge in [-0.05, 0) is 24.7 Å². The van der Waals surface area contributed by atoms with E-state index in [1.807, 2.05) is 0 Å². The maximum Gasteiger partial charge on any atom is 0.248 e. The molecule has 122 valence electrons. The van der Waals surface area contributed by atoms with Crippen LogP contribution in [0, 0.1) is 5.41 Å². The molecule has 2 aliphatic heterocycles. The highest BCUT2D eigenvalue weighted by molar-refractivity contribution is 7.88. The summed E-state index contributed by atoms with van der Waals surface area (Å²) in [6.07, 6.45) is 3.58. The largest absolute Gasteiger partial charge is 0.380 e. The predicted molar refractivity (Wildman–Crippen MR) is 77.3 cm³/mol. The summed E-state index contributed by atoms with van der Waals surface area (Å²) in [5, 5.41) is 0. The van der Waals surface area contributed by atoms with Crippen molar-refractivity contribution in [2.24, 2.45) is 5.41 Å². The molecular formula is C13H24N2O5S. The van der Waals surface area contributed by atoms with Gasteiger partial charge in [-0.2, -0.15) is 0 Å². The minimum atomic E-state index is -3.27. The van der Waals surface area contributed by atoms with Gasteiger partial charge in [-0.25, -0.2) is 13.1 Å². The molecule has 2 fully saturated rings. The molecule has 1 N–H and O–H groups in total. The van der Waals surface area contributed by atoms with E-state index in [4.69, 9.17) is 9.47 Å². The quantitative estimate of drug-likeness (QED) is 0.760. The van der Waals surface area contributed by atoms with Gasteiger partial charge in [-0.15, -0.1) is 0 Å². The first kappa shape index (κ1) is 16.7. The van der Waals surface area contributed by atoms with Crippen molar-refractivity contribution in [3.05, 3.63) is 0 Å². The van der Waals surface area contributed by atoms with Crippen LogP contribution in [0.4, 0.5) is 0 Å². The number of amides is 1. The Bertz CT molecular complexity index is 471. The smallest absolute Gasteiger partial charge is 0.248 e. The summed E-state index contributed by atoms with van der Waals surface area (Å²) in [5.74, 6) is -0.00738. The van der Waals surface area contributed by atoms with Crippen LogP contribution < -0.4 is 4.72 Å². The Morgan fingerprint density at radius 2 is 2.05 bits per heavy atom. The third-order valence-electron chi connectivity index (χ3n) is 4.50. The third kappa shape index (κ3) is 4.15. The molecule has 2 rings (SSSR count). The van der Waals surface area contributed by atoms with Crippen molar-refractivity contribution in [2.75, 3.05) is 46.3 Å². The Morgan fingerprint density at radius 1 is 1.38 bits per heavy atom. The van der Waals surface area contributed by atoms with Gasteiger partial charge in [0.05, 0.1) is 18.9 Å². The maximum absolute atomic E-state index is 11.8. The molecule has 2 saturated heterocycles. The molecular weight excluding hydrogens is 296 g/mol. The van der Waals surface area contributed by atoms with E-state index >= 15 is 0 Å². The van der Waals surface area contributed by atoms with Gasteiger partial charge in [-0.3, -0.25) is 4.79 Å². The van der Waals surface area contributed by atoms with Crippen LogP contribution in [0.25, 0.3) is 0 Å². The van der Waals surface area contributed by atoms with E-state index in [1.165, 1.54) is 13.4 Å². The fourth-order valence-electron chi connectivity index (χ4n) is 3.26. The molecule has 0 bridgehead atoms. The molecule has 0 radical (unpaired) electrons. The summed E-state index contributed by atoms with van der Waals surface area (Å²) in [7, 11) is -1.76. The topological polar surface area (TPSA) is 84.9 Å². The molecule has 8 heteroatoms. The number of hydrogen-bond acceptors (Lipinski definition) is 5. The first-order chi connectivity index (χ1) is 9.86. The Hall–Kier alpha value is -0.700. The standard InChI is InChI=1S/C13H24N2O5S/c1-19-10-12(16)15-6-3-13(4-7-15)5-8-20-9-11(13)14-21(2,17)18/h11,14H,3-10H2,1-2H3/t11-/m0/s1. The molecule has 2 heterocycles. The second kappa shape index (κ2) is 6.60. The van der Waals surface area contributed by atoms with Crippen molar-refractivity contribution in [3.63, 3.8) is 0 Å². The van der Waals surface area contributed by atoms with Gasteiger partial charge in [0.25, 0.3) is 0 Å². The summed E-state index contributed by atoms with van der Waals surface area (Å²) < 4.78 is 36.1. The predicted octanol–water partition coefficient (Wildman–Crippen LogP) is -0.420. The zero-order valence-corrected chi connectivity index (χ0v) is 13.4. The van der Waals surface area contributed by atoms with Gasteiger partial charge >= 0.3 is 0 Å². The number of hydrogen-bond donors (Lipinski definition) is 1. The van der Waals surface area contributed by atoms with Gasteiger partial charge in [0, 0.05) is 26.8 Å². The Morgan fingerprint density at radius 3 is 2.62 bits per heavy atom. The van der Waals surface area contributed by atoms with E-state index in [1.54, 1.807) is 4.90 Å². The summed E-state index contributed by atoms with van der Waals surface area (Å²) in [6.45, 7) is 2.43. The summed E-state index contributed by atoms with van der Waals surface area (Å²) in [4.78, 5) is 13.6. The molecule has 7 nitrogen and oxygen atoms in total. The van der Waals surface area contributed by atoms with Crippen molar-refractivity contribution in [1.82, 2.24) is 9.62 Å². The Kier molecular flexibility index (Phi) is 5.24. The zero-order valence-electron chi connectivity index (χ0n) is 12.6. The van der Waals surface area contributed by atoms with Crippen LogP contribution in [0.5, 0.6) is 0 Å². The van der Waals surface area contributed by atoms with Crippen LogP contribution in [-0.2, 0) is 24.3 Å². The Balaban J connectivity index is 2.02. The van der Waals surface area contributed by atoms with Crippen LogP contribution in [0.1, 0.15) is 19.3 Å². The van der Waals surface area contributed by atoms with E-state index in [2.05, 4.69) is 4.72 Å². The number of piperidine rings is 1. The highest BCUT2D eigenvalue weighted by Crippen LogP contribution is 2.41. The van der Waals surface area contributed by atoms with Crippen LogP contribution >= 0.6 is 0 Å². The lowest BCUT2D eigenvalue weighted by Crippen LogP contribution is -2.58. The highest BCUT2D eigenvalue weighted by Gasteiger charge is 2.45. The minimum absolute atomic E-state index is 0.00738. The highest BCUT2D eigenvalue weighted by atomic mass is 32.2. The first-order valence-electron chi connectivity index (χ1n) is 7.18. The average Bonchev–Trinajstić information content (AvgIpc) is 2.41. The third-order valence-corrected chi connectivity index (χ3v) is 5.22. The lowest BCUT2D eigenvalue weighted by molar-refractivity contribution is -0.139. The van der Waals surface area contributed by atoms with Crippen molar-refractivity contribution in [3.8, 4) is 0 Å². The molecule has 0 aromatic rings. The fraction of sp³-hybridized carbons (Fsp3) is 0.923. The van der Waals surface area contributed by atoms with Crippen molar-refractivity contribution in [2.45, 2.75) is 25.3 Å². The normalized spacial score (nSPS) is 26.0. The number of methoxy groups -OCH3 is 1. The molecule has 1 amide bonds. The monoisotopic (exact) mass is 320 g/mol.